The van der Waals surface area contributed by atoms with Gasteiger partial charge < -0.3 is 9.73 Å². The molecule has 0 amide bonds. The van der Waals surface area contributed by atoms with Crippen LogP contribution in [0.1, 0.15) is 26.5 Å². The summed E-state index contributed by atoms with van der Waals surface area (Å²) < 4.78 is 8.05. The number of halogens is 1. The van der Waals surface area contributed by atoms with Crippen LogP contribution in [0.2, 0.25) is 0 Å². The number of nitrogens with one attached hydrogen (secondary N) is 1. The SMILES string of the molecule is CC(C)(C)NCc1coc(-n2cc(I)cn2)n1. The molecule has 2 aromatic rings. The van der Waals surface area contributed by atoms with E-state index in [1.165, 1.54) is 0 Å². The van der Waals surface area contributed by atoms with Gasteiger partial charge in [-0.3, -0.25) is 0 Å². The maximum absolute atomic E-state index is 5.38. The average Bonchev–Trinajstić information content (AvgIpc) is 2.81. The molecule has 2 rings (SSSR count). The van der Waals surface area contributed by atoms with Crippen LogP contribution in [-0.4, -0.2) is 20.3 Å². The predicted octanol–water partition coefficient (Wildman–Crippen LogP) is 2.35. The van der Waals surface area contributed by atoms with Crippen LogP contribution < -0.4 is 5.32 Å². The van der Waals surface area contributed by atoms with Crippen LogP contribution in [0.25, 0.3) is 6.01 Å². The van der Waals surface area contributed by atoms with Crippen molar-refractivity contribution < 1.29 is 4.42 Å². The van der Waals surface area contributed by atoms with Crippen LogP contribution >= 0.6 is 22.6 Å². The Balaban J connectivity index is 2.06. The summed E-state index contributed by atoms with van der Waals surface area (Å²) in [6.07, 6.45) is 5.29. The van der Waals surface area contributed by atoms with Crippen molar-refractivity contribution in [3.8, 4) is 6.01 Å². The lowest BCUT2D eigenvalue weighted by molar-refractivity contribution is 0.420. The molecule has 0 aromatic carbocycles. The van der Waals surface area contributed by atoms with Crippen molar-refractivity contribution in [2.24, 2.45) is 0 Å². The molecule has 0 radical (unpaired) electrons. The Kier molecular flexibility index (Phi) is 3.53. The second kappa shape index (κ2) is 4.77. The number of hydrogen-bond donors (Lipinski definition) is 1. The van der Waals surface area contributed by atoms with E-state index in [1.54, 1.807) is 17.1 Å². The molecule has 0 unspecified atom stereocenters. The number of nitrogens with zero attached hydrogens (tertiary/aromatic N) is 3. The van der Waals surface area contributed by atoms with Crippen molar-refractivity contribution in [1.29, 1.82) is 0 Å². The van der Waals surface area contributed by atoms with Crippen LogP contribution in [0.3, 0.4) is 0 Å². The molecule has 0 saturated carbocycles. The molecule has 2 aromatic heterocycles. The Bertz CT molecular complexity index is 498. The molecule has 0 atom stereocenters. The third kappa shape index (κ3) is 3.53. The van der Waals surface area contributed by atoms with E-state index in [0.29, 0.717) is 12.6 Å². The third-order valence-corrected chi connectivity index (χ3v) is 2.64. The summed E-state index contributed by atoms with van der Waals surface area (Å²) in [5.41, 5.74) is 0.945. The standard InChI is InChI=1S/C11H15IN4O/c1-11(2,3)13-5-9-7-17-10(15-9)16-6-8(12)4-14-16/h4,6-7,13H,5H2,1-3H3. The molecule has 0 spiro atoms. The number of oxazole rings is 1. The summed E-state index contributed by atoms with van der Waals surface area (Å²) >= 11 is 2.20. The fraction of sp³-hybridized carbons (Fsp3) is 0.455. The van der Waals surface area contributed by atoms with E-state index in [2.05, 4.69) is 58.8 Å². The van der Waals surface area contributed by atoms with Crippen LogP contribution in [0, 0.1) is 3.57 Å². The minimum absolute atomic E-state index is 0.0696. The minimum atomic E-state index is 0.0696. The Morgan fingerprint density at radius 3 is 2.82 bits per heavy atom. The first-order chi connectivity index (χ1) is 7.94. The Morgan fingerprint density at radius 1 is 1.47 bits per heavy atom. The molecule has 0 fully saturated rings. The third-order valence-electron chi connectivity index (χ3n) is 2.09. The van der Waals surface area contributed by atoms with E-state index in [9.17, 15) is 0 Å². The van der Waals surface area contributed by atoms with E-state index >= 15 is 0 Å². The molecule has 1 N–H and O–H groups in total. The fourth-order valence-corrected chi connectivity index (χ4v) is 1.63. The molecule has 6 heteroatoms. The van der Waals surface area contributed by atoms with Gasteiger partial charge in [-0.25, -0.2) is 0 Å². The van der Waals surface area contributed by atoms with Crippen LogP contribution in [-0.2, 0) is 6.54 Å². The summed E-state index contributed by atoms with van der Waals surface area (Å²) in [5.74, 6) is 0. The quantitative estimate of drug-likeness (QED) is 0.867. The lowest BCUT2D eigenvalue weighted by atomic mass is 10.1. The van der Waals surface area contributed by atoms with Gasteiger partial charge >= 0.3 is 6.01 Å². The molecule has 0 bridgehead atoms. The molecule has 0 aliphatic carbocycles. The average molecular weight is 346 g/mol. The van der Waals surface area contributed by atoms with Crippen molar-refractivity contribution in [2.45, 2.75) is 32.9 Å². The summed E-state index contributed by atoms with van der Waals surface area (Å²) in [5, 5.41) is 7.50. The topological polar surface area (TPSA) is 55.9 Å². The lowest BCUT2D eigenvalue weighted by Gasteiger charge is -2.19. The van der Waals surface area contributed by atoms with Crippen molar-refractivity contribution in [3.05, 3.63) is 27.9 Å². The normalized spacial score (nSPS) is 12.0. The first-order valence-corrected chi connectivity index (χ1v) is 6.42. The summed E-state index contributed by atoms with van der Waals surface area (Å²) in [4.78, 5) is 4.36. The van der Waals surface area contributed by atoms with Crippen molar-refractivity contribution in [2.75, 3.05) is 0 Å². The Hall–Kier alpha value is -0.890. The van der Waals surface area contributed by atoms with Crippen molar-refractivity contribution in [3.63, 3.8) is 0 Å². The van der Waals surface area contributed by atoms with Gasteiger partial charge in [0.2, 0.25) is 0 Å². The van der Waals surface area contributed by atoms with Crippen molar-refractivity contribution >= 4 is 22.6 Å². The van der Waals surface area contributed by atoms with Crippen molar-refractivity contribution in [1.82, 2.24) is 20.1 Å². The fourth-order valence-electron chi connectivity index (χ4n) is 1.24. The highest BCUT2D eigenvalue weighted by Crippen LogP contribution is 2.10. The van der Waals surface area contributed by atoms with Gasteiger partial charge in [0, 0.05) is 18.3 Å². The molecule has 0 aliphatic rings. The van der Waals surface area contributed by atoms with Gasteiger partial charge in [0.25, 0.3) is 0 Å². The smallest absolute Gasteiger partial charge is 0.322 e. The second-order valence-electron chi connectivity index (χ2n) is 4.83. The number of aromatic nitrogens is 3. The predicted molar refractivity (Wildman–Crippen MR) is 72.9 cm³/mol. The highest BCUT2D eigenvalue weighted by atomic mass is 127. The van der Waals surface area contributed by atoms with E-state index < -0.39 is 0 Å². The number of hydrogen-bond acceptors (Lipinski definition) is 4. The highest BCUT2D eigenvalue weighted by molar-refractivity contribution is 14.1. The molecule has 92 valence electrons. The maximum atomic E-state index is 5.38. The zero-order valence-corrected chi connectivity index (χ0v) is 12.2. The molecule has 0 aliphatic heterocycles. The van der Waals surface area contributed by atoms with E-state index in [1.807, 2.05) is 6.20 Å². The summed E-state index contributed by atoms with van der Waals surface area (Å²) in [7, 11) is 0. The first-order valence-electron chi connectivity index (χ1n) is 5.34. The van der Waals surface area contributed by atoms with Gasteiger partial charge in [0.1, 0.15) is 6.26 Å². The van der Waals surface area contributed by atoms with E-state index in [0.717, 1.165) is 9.26 Å². The van der Waals surface area contributed by atoms with Gasteiger partial charge in [0.15, 0.2) is 0 Å². The molecule has 17 heavy (non-hydrogen) atoms. The summed E-state index contributed by atoms with van der Waals surface area (Å²) in [6, 6.07) is 0.499. The van der Waals surface area contributed by atoms with Gasteiger partial charge in [-0.15, -0.1) is 0 Å². The van der Waals surface area contributed by atoms with E-state index in [4.69, 9.17) is 4.42 Å². The molecule has 2 heterocycles. The van der Waals surface area contributed by atoms with Crippen LogP contribution in [0.15, 0.2) is 23.1 Å². The molecule has 0 saturated heterocycles. The molecular formula is C11H15IN4O. The molecule has 5 nitrogen and oxygen atoms in total. The Morgan fingerprint density at radius 2 is 2.24 bits per heavy atom. The van der Waals surface area contributed by atoms with Gasteiger partial charge in [-0.2, -0.15) is 14.8 Å². The van der Waals surface area contributed by atoms with Crippen LogP contribution in [0.5, 0.6) is 0 Å². The van der Waals surface area contributed by atoms with Gasteiger partial charge in [0.05, 0.1) is 15.5 Å². The van der Waals surface area contributed by atoms with E-state index in [-0.39, 0.29) is 5.54 Å². The molecular weight excluding hydrogens is 331 g/mol. The highest BCUT2D eigenvalue weighted by Gasteiger charge is 2.11. The van der Waals surface area contributed by atoms with Gasteiger partial charge in [-0.05, 0) is 43.4 Å². The second-order valence-corrected chi connectivity index (χ2v) is 6.07. The Labute approximate surface area is 114 Å². The minimum Gasteiger partial charge on any atom is -0.430 e. The monoisotopic (exact) mass is 346 g/mol. The largest absolute Gasteiger partial charge is 0.430 e. The van der Waals surface area contributed by atoms with Gasteiger partial charge in [-0.1, -0.05) is 0 Å². The number of rotatable bonds is 3. The summed E-state index contributed by atoms with van der Waals surface area (Å²) in [6.45, 7) is 7.03. The first kappa shape index (κ1) is 12.6. The zero-order chi connectivity index (χ0) is 12.5. The lowest BCUT2D eigenvalue weighted by Crippen LogP contribution is -2.35. The maximum Gasteiger partial charge on any atom is 0.322 e. The van der Waals surface area contributed by atoms with Crippen LogP contribution in [0.4, 0.5) is 0 Å². The zero-order valence-electron chi connectivity index (χ0n) is 10.1.